The summed E-state index contributed by atoms with van der Waals surface area (Å²) in [7, 11) is 0. The van der Waals surface area contributed by atoms with Crippen LogP contribution in [0.1, 0.15) is 37.8 Å². The summed E-state index contributed by atoms with van der Waals surface area (Å²) in [6, 6.07) is 6.62. The lowest BCUT2D eigenvalue weighted by atomic mass is 10.0. The first-order valence-corrected chi connectivity index (χ1v) is 5.76. The molecule has 0 amide bonds. The summed E-state index contributed by atoms with van der Waals surface area (Å²) in [6.07, 6.45) is 6.73. The number of pyridine rings is 1. The third-order valence-corrected chi connectivity index (χ3v) is 3.38. The van der Waals surface area contributed by atoms with Crippen molar-refractivity contribution in [2.75, 3.05) is 6.54 Å². The van der Waals surface area contributed by atoms with Crippen molar-refractivity contribution in [3.8, 4) is 6.07 Å². The lowest BCUT2D eigenvalue weighted by Crippen LogP contribution is -2.26. The second kappa shape index (κ2) is 4.63. The van der Waals surface area contributed by atoms with Crippen LogP contribution < -0.4 is 5.32 Å². The van der Waals surface area contributed by atoms with Crippen LogP contribution in [0.3, 0.4) is 0 Å². The Balaban J connectivity index is 1.85. The van der Waals surface area contributed by atoms with Gasteiger partial charge >= 0.3 is 0 Å². The van der Waals surface area contributed by atoms with Gasteiger partial charge in [0.1, 0.15) is 0 Å². The fraction of sp³-hybridized carbons (Fsp3) is 0.538. The van der Waals surface area contributed by atoms with Gasteiger partial charge in [-0.2, -0.15) is 5.26 Å². The molecule has 1 N–H and O–H groups in total. The van der Waals surface area contributed by atoms with Gasteiger partial charge in [0.25, 0.3) is 0 Å². The van der Waals surface area contributed by atoms with Gasteiger partial charge in [-0.15, -0.1) is 0 Å². The molecule has 0 saturated heterocycles. The van der Waals surface area contributed by atoms with Crippen molar-refractivity contribution >= 4 is 0 Å². The highest BCUT2D eigenvalue weighted by Gasteiger charge is 2.42. The largest absolute Gasteiger partial charge is 0.310 e. The van der Waals surface area contributed by atoms with Gasteiger partial charge in [0.15, 0.2) is 0 Å². The Kier molecular flexibility index (Phi) is 3.21. The Hall–Kier alpha value is -1.40. The average molecular weight is 215 g/mol. The molecule has 1 heterocycles. The molecular formula is C13H17N3. The van der Waals surface area contributed by atoms with Crippen LogP contribution in [0.25, 0.3) is 0 Å². The predicted molar refractivity (Wildman–Crippen MR) is 62.6 cm³/mol. The van der Waals surface area contributed by atoms with Crippen molar-refractivity contribution in [1.82, 2.24) is 10.3 Å². The zero-order chi connectivity index (χ0) is 11.4. The van der Waals surface area contributed by atoms with Gasteiger partial charge in [-0.25, -0.2) is 0 Å². The quantitative estimate of drug-likeness (QED) is 0.820. The maximum atomic E-state index is 8.74. The number of nitriles is 1. The molecule has 0 bridgehead atoms. The molecular weight excluding hydrogens is 198 g/mol. The maximum Gasteiger partial charge on any atom is 0.0628 e. The van der Waals surface area contributed by atoms with E-state index in [1.807, 2.05) is 12.3 Å². The first-order valence-electron chi connectivity index (χ1n) is 5.76. The van der Waals surface area contributed by atoms with E-state index in [0.717, 1.165) is 6.54 Å². The lowest BCUT2D eigenvalue weighted by molar-refractivity contribution is 0.432. The molecule has 3 nitrogen and oxygen atoms in total. The second-order valence-corrected chi connectivity index (χ2v) is 4.72. The molecule has 0 aliphatic heterocycles. The molecule has 3 heteroatoms. The van der Waals surface area contributed by atoms with Crippen LogP contribution in [-0.4, -0.2) is 11.5 Å². The molecule has 1 aliphatic rings. The average Bonchev–Trinajstić information content (AvgIpc) is 3.08. The van der Waals surface area contributed by atoms with E-state index in [0.29, 0.717) is 12.5 Å². The van der Waals surface area contributed by atoms with Crippen LogP contribution in [0.15, 0.2) is 24.5 Å². The molecule has 0 aromatic carbocycles. The van der Waals surface area contributed by atoms with Crippen molar-refractivity contribution in [1.29, 1.82) is 5.26 Å². The molecule has 1 fully saturated rings. The monoisotopic (exact) mass is 215 g/mol. The van der Waals surface area contributed by atoms with E-state index in [1.165, 1.54) is 18.4 Å². The summed E-state index contributed by atoms with van der Waals surface area (Å²) in [5.41, 5.74) is 1.47. The minimum Gasteiger partial charge on any atom is -0.310 e. The highest BCUT2D eigenvalue weighted by Crippen LogP contribution is 2.48. The third kappa shape index (κ3) is 2.59. The van der Waals surface area contributed by atoms with Gasteiger partial charge in [-0.05, 0) is 36.8 Å². The smallest absolute Gasteiger partial charge is 0.0628 e. The van der Waals surface area contributed by atoms with Crippen molar-refractivity contribution < 1.29 is 0 Å². The first kappa shape index (κ1) is 11.1. The number of nitrogens with zero attached hydrogens (tertiary/aromatic N) is 2. The number of rotatable bonds is 5. The lowest BCUT2D eigenvalue weighted by Gasteiger charge is -2.18. The zero-order valence-corrected chi connectivity index (χ0v) is 9.61. The highest BCUT2D eigenvalue weighted by atomic mass is 14.9. The maximum absolute atomic E-state index is 8.74. The van der Waals surface area contributed by atoms with Crippen LogP contribution in [0, 0.1) is 16.7 Å². The van der Waals surface area contributed by atoms with Gasteiger partial charge in [0, 0.05) is 31.4 Å². The number of hydrogen-bond acceptors (Lipinski definition) is 3. The minimum absolute atomic E-state index is 0.269. The molecule has 16 heavy (non-hydrogen) atoms. The summed E-state index contributed by atoms with van der Waals surface area (Å²) >= 11 is 0. The van der Waals surface area contributed by atoms with Crippen molar-refractivity contribution in [2.24, 2.45) is 5.41 Å². The fourth-order valence-corrected chi connectivity index (χ4v) is 1.88. The van der Waals surface area contributed by atoms with Gasteiger partial charge in [0.2, 0.25) is 0 Å². The Morgan fingerprint density at radius 3 is 3.00 bits per heavy atom. The normalized spacial score (nSPS) is 18.8. The zero-order valence-electron chi connectivity index (χ0n) is 9.61. The molecule has 0 radical (unpaired) electrons. The Labute approximate surface area is 96.5 Å². The Morgan fingerprint density at radius 2 is 2.44 bits per heavy atom. The molecule has 1 aromatic heterocycles. The summed E-state index contributed by atoms with van der Waals surface area (Å²) in [4.78, 5) is 4.11. The summed E-state index contributed by atoms with van der Waals surface area (Å²) < 4.78 is 0. The van der Waals surface area contributed by atoms with E-state index in [2.05, 4.69) is 29.4 Å². The van der Waals surface area contributed by atoms with E-state index in [1.54, 1.807) is 6.20 Å². The van der Waals surface area contributed by atoms with E-state index in [-0.39, 0.29) is 5.41 Å². The first-order chi connectivity index (χ1) is 7.76. The second-order valence-electron chi connectivity index (χ2n) is 4.72. The van der Waals surface area contributed by atoms with E-state index in [9.17, 15) is 0 Å². The molecule has 1 saturated carbocycles. The van der Waals surface area contributed by atoms with Crippen molar-refractivity contribution in [2.45, 2.75) is 32.2 Å². The molecule has 1 atom stereocenters. The van der Waals surface area contributed by atoms with Crippen LogP contribution in [-0.2, 0) is 0 Å². The summed E-state index contributed by atoms with van der Waals surface area (Å²) in [5, 5.41) is 12.2. The fourth-order valence-electron chi connectivity index (χ4n) is 1.88. The molecule has 1 aromatic rings. The van der Waals surface area contributed by atoms with Crippen molar-refractivity contribution in [3.05, 3.63) is 30.1 Å². The van der Waals surface area contributed by atoms with E-state index >= 15 is 0 Å². The van der Waals surface area contributed by atoms with Crippen LogP contribution in [0.2, 0.25) is 0 Å². The topological polar surface area (TPSA) is 48.7 Å². The van der Waals surface area contributed by atoms with Crippen LogP contribution in [0.4, 0.5) is 0 Å². The Morgan fingerprint density at radius 1 is 1.62 bits per heavy atom. The highest BCUT2D eigenvalue weighted by molar-refractivity contribution is 5.13. The number of nitrogens with one attached hydrogen (secondary N) is 1. The van der Waals surface area contributed by atoms with E-state index < -0.39 is 0 Å². The standard InChI is InChI=1S/C13H17N3/c1-11(12-3-2-8-15-9-12)16-10-13(4-5-13)6-7-14/h2-3,8-9,11,16H,4-6,10H2,1H3/t11-/m1/s1. The predicted octanol–water partition coefficient (Wildman–Crippen LogP) is 2.43. The van der Waals surface area contributed by atoms with Crippen molar-refractivity contribution in [3.63, 3.8) is 0 Å². The van der Waals surface area contributed by atoms with E-state index in [4.69, 9.17) is 5.26 Å². The molecule has 0 unspecified atom stereocenters. The molecule has 84 valence electrons. The third-order valence-electron chi connectivity index (χ3n) is 3.38. The minimum atomic E-state index is 0.269. The number of hydrogen-bond donors (Lipinski definition) is 1. The number of aromatic nitrogens is 1. The van der Waals surface area contributed by atoms with Gasteiger partial charge in [-0.1, -0.05) is 6.07 Å². The summed E-state index contributed by atoms with van der Waals surface area (Å²) in [6.45, 7) is 3.08. The molecule has 1 aliphatic carbocycles. The molecule has 0 spiro atoms. The SMILES string of the molecule is C[C@@H](NCC1(CC#N)CC1)c1cccnc1. The van der Waals surface area contributed by atoms with Gasteiger partial charge in [-0.3, -0.25) is 4.98 Å². The van der Waals surface area contributed by atoms with Crippen LogP contribution >= 0.6 is 0 Å². The van der Waals surface area contributed by atoms with Gasteiger partial charge < -0.3 is 5.32 Å². The van der Waals surface area contributed by atoms with Crippen LogP contribution in [0.5, 0.6) is 0 Å². The van der Waals surface area contributed by atoms with Gasteiger partial charge in [0.05, 0.1) is 6.07 Å². The molecule has 2 rings (SSSR count). The summed E-state index contributed by atoms with van der Waals surface area (Å²) in [5.74, 6) is 0. The Bertz CT molecular complexity index is 376.